The van der Waals surface area contributed by atoms with E-state index in [9.17, 15) is 4.79 Å². The summed E-state index contributed by atoms with van der Waals surface area (Å²) < 4.78 is 18.6. The summed E-state index contributed by atoms with van der Waals surface area (Å²) in [5, 5.41) is 0. The maximum Gasteiger partial charge on any atom is 0.166 e. The number of hydrogen-bond donors (Lipinski definition) is 0. The van der Waals surface area contributed by atoms with Crippen LogP contribution in [-0.2, 0) is 21.4 Å². The van der Waals surface area contributed by atoms with Crippen LogP contribution < -0.4 is 9.47 Å². The van der Waals surface area contributed by atoms with Crippen LogP contribution in [0.2, 0.25) is 0 Å². The highest BCUT2D eigenvalue weighted by atomic mass is 16.6. The number of benzene rings is 1. The normalized spacial score (nSPS) is 44.6. The van der Waals surface area contributed by atoms with E-state index in [1.165, 1.54) is 24.0 Å². The monoisotopic (exact) mass is 366 g/mol. The molecule has 6 aliphatic rings. The van der Waals surface area contributed by atoms with Crippen molar-refractivity contribution in [3.8, 4) is 11.5 Å². The van der Waals surface area contributed by atoms with Crippen LogP contribution in [-0.4, -0.2) is 31.7 Å². The summed E-state index contributed by atoms with van der Waals surface area (Å²) in [6, 6.07) is 4.29. The van der Waals surface area contributed by atoms with Crippen LogP contribution in [0.25, 0.3) is 0 Å². The van der Waals surface area contributed by atoms with E-state index in [-0.39, 0.29) is 28.6 Å². The lowest BCUT2D eigenvalue weighted by molar-refractivity contribution is -0.207. The highest BCUT2D eigenvalue weighted by Crippen LogP contribution is 2.76. The Hall–Kier alpha value is -1.81. The van der Waals surface area contributed by atoms with Gasteiger partial charge in [0.1, 0.15) is 17.5 Å². The standard InChI is InChI=1S/C23H26O4/c1-13(24)16-12-21-9-10-23(16,26-3)20-22(21)8-4-5-15(21)11-14-6-7-17(25-2)19(27-20)18(14)22/h6-7,9-10,15-16,20H,4-5,8,11-12H2,1-3H3/t15-,16-,20-,21-,22+,23-/m1/s1. The van der Waals surface area contributed by atoms with Gasteiger partial charge in [0, 0.05) is 23.5 Å². The lowest BCUT2D eigenvalue weighted by Gasteiger charge is -2.69. The van der Waals surface area contributed by atoms with E-state index in [1.807, 2.05) is 6.07 Å². The van der Waals surface area contributed by atoms with E-state index < -0.39 is 5.60 Å². The average molecular weight is 366 g/mol. The van der Waals surface area contributed by atoms with Gasteiger partial charge in [0.25, 0.3) is 0 Å². The summed E-state index contributed by atoms with van der Waals surface area (Å²) in [5.74, 6) is 2.34. The molecule has 142 valence electrons. The van der Waals surface area contributed by atoms with Gasteiger partial charge in [-0.3, -0.25) is 4.79 Å². The smallest absolute Gasteiger partial charge is 0.166 e. The summed E-state index contributed by atoms with van der Waals surface area (Å²) in [6.45, 7) is 1.72. The Bertz CT molecular complexity index is 904. The van der Waals surface area contributed by atoms with E-state index in [1.54, 1.807) is 21.1 Å². The molecule has 4 nitrogen and oxygen atoms in total. The number of methoxy groups -OCH3 is 2. The van der Waals surface area contributed by atoms with Crippen LogP contribution in [0.3, 0.4) is 0 Å². The number of hydrogen-bond acceptors (Lipinski definition) is 4. The maximum absolute atomic E-state index is 12.7. The molecule has 0 saturated heterocycles. The van der Waals surface area contributed by atoms with E-state index in [2.05, 4.69) is 18.2 Å². The van der Waals surface area contributed by atoms with Gasteiger partial charge in [-0.1, -0.05) is 24.6 Å². The summed E-state index contributed by atoms with van der Waals surface area (Å²) >= 11 is 0. The summed E-state index contributed by atoms with van der Waals surface area (Å²) in [4.78, 5) is 12.7. The molecule has 1 aromatic carbocycles. The molecular weight excluding hydrogens is 340 g/mol. The van der Waals surface area contributed by atoms with Gasteiger partial charge in [-0.15, -0.1) is 0 Å². The molecule has 4 heteroatoms. The number of fused-ring (bicyclic) bond motifs is 1. The molecule has 0 radical (unpaired) electrons. The fraction of sp³-hybridized carbons (Fsp3) is 0.609. The summed E-state index contributed by atoms with van der Waals surface area (Å²) in [6.07, 6.45) is 9.94. The van der Waals surface area contributed by atoms with Crippen molar-refractivity contribution in [1.29, 1.82) is 0 Å². The Kier molecular flexibility index (Phi) is 2.86. The first kappa shape index (κ1) is 16.2. The van der Waals surface area contributed by atoms with Crippen LogP contribution >= 0.6 is 0 Å². The third kappa shape index (κ3) is 1.46. The van der Waals surface area contributed by atoms with Crippen molar-refractivity contribution >= 4 is 5.78 Å². The number of Topliss-reactive ketones (excluding diaryl/α,β-unsaturated/α-hetero) is 1. The van der Waals surface area contributed by atoms with Crippen molar-refractivity contribution < 1.29 is 19.0 Å². The van der Waals surface area contributed by atoms with E-state index in [0.29, 0.717) is 5.92 Å². The Labute approximate surface area is 159 Å². The Morgan fingerprint density at radius 3 is 2.85 bits per heavy atom. The van der Waals surface area contributed by atoms with Gasteiger partial charge in [0.15, 0.2) is 11.5 Å². The highest BCUT2D eigenvalue weighted by Gasteiger charge is 2.78. The molecule has 6 atom stereocenters. The second-order valence-electron chi connectivity index (χ2n) is 9.19. The Morgan fingerprint density at radius 1 is 1.26 bits per heavy atom. The minimum Gasteiger partial charge on any atom is -0.493 e. The first-order valence-electron chi connectivity index (χ1n) is 10.2. The fourth-order valence-electron chi connectivity index (χ4n) is 7.78. The number of ether oxygens (including phenoxy) is 3. The average Bonchev–Trinajstić information content (AvgIpc) is 3.03. The number of carbonyl (C=O) groups is 1. The quantitative estimate of drug-likeness (QED) is 0.767. The van der Waals surface area contributed by atoms with Gasteiger partial charge in [-0.25, -0.2) is 0 Å². The van der Waals surface area contributed by atoms with Crippen LogP contribution in [0.4, 0.5) is 0 Å². The number of ketones is 1. The molecule has 5 aliphatic carbocycles. The topological polar surface area (TPSA) is 44.8 Å². The fourth-order valence-corrected chi connectivity index (χ4v) is 7.78. The summed E-state index contributed by atoms with van der Waals surface area (Å²) in [5.41, 5.74) is 1.99. The number of carbonyl (C=O) groups excluding carboxylic acids is 1. The molecule has 0 unspecified atom stereocenters. The molecule has 0 aromatic heterocycles. The van der Waals surface area contributed by atoms with Gasteiger partial charge < -0.3 is 14.2 Å². The lowest BCUT2D eigenvalue weighted by atomic mass is 9.34. The molecule has 2 fully saturated rings. The van der Waals surface area contributed by atoms with Crippen LogP contribution in [0.1, 0.15) is 43.7 Å². The van der Waals surface area contributed by atoms with Gasteiger partial charge in [-0.2, -0.15) is 0 Å². The molecule has 2 spiro atoms. The van der Waals surface area contributed by atoms with Gasteiger partial charge in [0.05, 0.1) is 13.0 Å². The van der Waals surface area contributed by atoms with Gasteiger partial charge in [0.2, 0.25) is 0 Å². The van der Waals surface area contributed by atoms with E-state index in [0.717, 1.165) is 30.8 Å². The van der Waals surface area contributed by atoms with Crippen LogP contribution in [0, 0.1) is 17.3 Å². The zero-order valence-electron chi connectivity index (χ0n) is 16.2. The second kappa shape index (κ2) is 4.78. The predicted octanol–water partition coefficient (Wildman–Crippen LogP) is 3.60. The van der Waals surface area contributed by atoms with E-state index >= 15 is 0 Å². The van der Waals surface area contributed by atoms with Crippen molar-refractivity contribution in [1.82, 2.24) is 0 Å². The van der Waals surface area contributed by atoms with Crippen molar-refractivity contribution in [2.75, 3.05) is 14.2 Å². The van der Waals surface area contributed by atoms with Crippen molar-refractivity contribution in [2.45, 2.75) is 56.1 Å². The zero-order chi connectivity index (χ0) is 18.6. The molecule has 1 aliphatic heterocycles. The summed E-state index contributed by atoms with van der Waals surface area (Å²) in [7, 11) is 3.45. The van der Waals surface area contributed by atoms with Gasteiger partial charge >= 0.3 is 0 Å². The molecule has 0 N–H and O–H groups in total. The highest BCUT2D eigenvalue weighted by molar-refractivity contribution is 5.82. The zero-order valence-corrected chi connectivity index (χ0v) is 16.2. The lowest BCUT2D eigenvalue weighted by Crippen LogP contribution is -2.75. The minimum atomic E-state index is -0.686. The van der Waals surface area contributed by atoms with Gasteiger partial charge in [-0.05, 0) is 50.2 Å². The Balaban J connectivity index is 1.71. The predicted molar refractivity (Wildman–Crippen MR) is 100 cm³/mol. The second-order valence-corrected chi connectivity index (χ2v) is 9.19. The largest absolute Gasteiger partial charge is 0.493 e. The molecule has 27 heavy (non-hydrogen) atoms. The third-order valence-corrected chi connectivity index (χ3v) is 8.69. The van der Waals surface area contributed by atoms with Crippen molar-refractivity contribution in [3.63, 3.8) is 0 Å². The SMILES string of the molecule is COc1ccc2c3c1O[C@H]1[C@@]4(OC)C=C[C@@]5(C[C@@H]4C(C)=O)[C@H](CCC[C@]315)C2. The molecule has 1 heterocycles. The first-order chi connectivity index (χ1) is 13.0. The van der Waals surface area contributed by atoms with E-state index in [4.69, 9.17) is 14.2 Å². The molecule has 0 amide bonds. The minimum absolute atomic E-state index is 0.00283. The molecule has 4 bridgehead atoms. The molecule has 1 aromatic rings. The Morgan fingerprint density at radius 2 is 2.11 bits per heavy atom. The van der Waals surface area contributed by atoms with Crippen molar-refractivity contribution in [2.24, 2.45) is 17.3 Å². The molecule has 2 saturated carbocycles. The first-order valence-corrected chi connectivity index (χ1v) is 10.2. The number of allylic oxidation sites excluding steroid dienone is 1. The third-order valence-electron chi connectivity index (χ3n) is 8.69. The number of rotatable bonds is 3. The van der Waals surface area contributed by atoms with Crippen LogP contribution in [0.5, 0.6) is 11.5 Å². The molecule has 7 rings (SSSR count). The molecular formula is C23H26O4. The maximum atomic E-state index is 12.7. The van der Waals surface area contributed by atoms with Crippen LogP contribution in [0.15, 0.2) is 24.3 Å². The van der Waals surface area contributed by atoms with Crippen molar-refractivity contribution in [3.05, 3.63) is 35.4 Å².